The van der Waals surface area contributed by atoms with Crippen molar-refractivity contribution in [1.82, 2.24) is 0 Å². The maximum Gasteiger partial charge on any atom is 0.163 e. The fourth-order valence-electron chi connectivity index (χ4n) is 1.66. The van der Waals surface area contributed by atoms with Crippen LogP contribution in [-0.2, 0) is 10.8 Å². The van der Waals surface area contributed by atoms with Crippen LogP contribution in [0.4, 0.5) is 0 Å². The van der Waals surface area contributed by atoms with Crippen molar-refractivity contribution in [2.45, 2.75) is 11.3 Å². The molecule has 2 rings (SSSR count). The predicted octanol–water partition coefficient (Wildman–Crippen LogP) is 3.72. The van der Waals surface area contributed by atoms with E-state index in [-0.39, 0.29) is 12.2 Å². The van der Waals surface area contributed by atoms with Crippen LogP contribution in [0.15, 0.2) is 59.5 Å². The quantitative estimate of drug-likeness (QED) is 0.787. The second kappa shape index (κ2) is 6.64. The van der Waals surface area contributed by atoms with Crippen molar-refractivity contribution in [3.05, 3.63) is 65.2 Å². The van der Waals surface area contributed by atoms with Crippen molar-refractivity contribution >= 4 is 28.2 Å². The van der Waals surface area contributed by atoms with Crippen molar-refractivity contribution < 1.29 is 9.00 Å². The molecule has 0 bridgehead atoms. The lowest BCUT2D eigenvalue weighted by Crippen LogP contribution is -2.06. The molecule has 0 spiro atoms. The van der Waals surface area contributed by atoms with Gasteiger partial charge in [0.1, 0.15) is 0 Å². The molecule has 1 unspecified atom stereocenters. The Bertz CT molecular complexity index is 579. The van der Waals surface area contributed by atoms with E-state index in [1.807, 2.05) is 18.2 Å². The van der Waals surface area contributed by atoms with E-state index in [0.29, 0.717) is 21.2 Å². The van der Waals surface area contributed by atoms with Gasteiger partial charge in [-0.1, -0.05) is 41.9 Å². The van der Waals surface area contributed by atoms with Crippen LogP contribution in [0.25, 0.3) is 0 Å². The average Bonchev–Trinajstić information content (AvgIpc) is 2.46. The molecule has 0 heterocycles. The van der Waals surface area contributed by atoms with E-state index in [1.54, 1.807) is 36.4 Å². The van der Waals surface area contributed by atoms with Gasteiger partial charge in [-0.05, 0) is 24.3 Å². The van der Waals surface area contributed by atoms with Gasteiger partial charge in [-0.15, -0.1) is 0 Å². The normalized spacial score (nSPS) is 12.1. The van der Waals surface area contributed by atoms with Gasteiger partial charge in [0.25, 0.3) is 0 Å². The van der Waals surface area contributed by atoms with Crippen molar-refractivity contribution in [3.8, 4) is 0 Å². The molecule has 98 valence electrons. The summed E-state index contributed by atoms with van der Waals surface area (Å²) in [6.45, 7) is 0. The number of carbonyl (C=O) groups is 1. The number of halogens is 1. The maximum atomic E-state index is 12.0. The van der Waals surface area contributed by atoms with Crippen LogP contribution in [0.2, 0.25) is 5.02 Å². The van der Waals surface area contributed by atoms with Crippen LogP contribution in [0.1, 0.15) is 16.8 Å². The average molecular weight is 293 g/mol. The van der Waals surface area contributed by atoms with E-state index in [0.717, 1.165) is 0 Å². The summed E-state index contributed by atoms with van der Waals surface area (Å²) in [5, 5.41) is 0.612. The molecule has 0 N–H and O–H groups in total. The number of Topliss-reactive ketones (excluding diaryl/α,β-unsaturated/α-hetero) is 1. The number of benzene rings is 2. The number of carbonyl (C=O) groups excluding carboxylic acids is 1. The predicted molar refractivity (Wildman–Crippen MR) is 78.1 cm³/mol. The third kappa shape index (κ3) is 4.01. The van der Waals surface area contributed by atoms with Crippen LogP contribution in [0.3, 0.4) is 0 Å². The minimum Gasteiger partial charge on any atom is -0.294 e. The highest BCUT2D eigenvalue weighted by Crippen LogP contribution is 2.14. The minimum absolute atomic E-state index is 0.0166. The van der Waals surface area contributed by atoms with Gasteiger partial charge in [0, 0.05) is 27.7 Å². The zero-order chi connectivity index (χ0) is 13.7. The Morgan fingerprint density at radius 3 is 2.26 bits per heavy atom. The van der Waals surface area contributed by atoms with Crippen LogP contribution in [-0.4, -0.2) is 15.7 Å². The molecule has 0 saturated carbocycles. The molecule has 0 radical (unpaired) electrons. The van der Waals surface area contributed by atoms with Crippen molar-refractivity contribution in [2.24, 2.45) is 0 Å². The molecular formula is C15H13ClO2S. The van der Waals surface area contributed by atoms with Crippen LogP contribution >= 0.6 is 11.6 Å². The molecular weight excluding hydrogens is 280 g/mol. The van der Waals surface area contributed by atoms with E-state index in [9.17, 15) is 9.00 Å². The van der Waals surface area contributed by atoms with Gasteiger partial charge in [0.2, 0.25) is 0 Å². The summed E-state index contributed by atoms with van der Waals surface area (Å²) >= 11 is 5.77. The lowest BCUT2D eigenvalue weighted by Gasteiger charge is -2.02. The summed E-state index contributed by atoms with van der Waals surface area (Å²) in [4.78, 5) is 12.6. The highest BCUT2D eigenvalue weighted by atomic mass is 35.5. The number of rotatable bonds is 5. The smallest absolute Gasteiger partial charge is 0.163 e. The van der Waals surface area contributed by atoms with Crippen LogP contribution in [0.5, 0.6) is 0 Å². The Morgan fingerprint density at radius 2 is 1.63 bits per heavy atom. The van der Waals surface area contributed by atoms with E-state index in [4.69, 9.17) is 11.6 Å². The monoisotopic (exact) mass is 292 g/mol. The molecule has 0 fully saturated rings. The molecule has 19 heavy (non-hydrogen) atoms. The van der Waals surface area contributed by atoms with Crippen molar-refractivity contribution in [1.29, 1.82) is 0 Å². The van der Waals surface area contributed by atoms with Crippen LogP contribution < -0.4 is 0 Å². The topological polar surface area (TPSA) is 34.1 Å². The molecule has 4 heteroatoms. The summed E-state index contributed by atoms with van der Waals surface area (Å²) in [5.41, 5.74) is 0.663. The van der Waals surface area contributed by atoms with E-state index < -0.39 is 10.8 Å². The fraction of sp³-hybridized carbons (Fsp3) is 0.133. The summed E-state index contributed by atoms with van der Waals surface area (Å²) < 4.78 is 12.0. The Kier molecular flexibility index (Phi) is 4.88. The first-order chi connectivity index (χ1) is 9.16. The molecule has 0 aliphatic heterocycles. The second-order valence-corrected chi connectivity index (χ2v) is 6.05. The third-order valence-corrected chi connectivity index (χ3v) is 4.31. The van der Waals surface area contributed by atoms with Gasteiger partial charge in [0.15, 0.2) is 5.78 Å². The summed E-state index contributed by atoms with van der Waals surface area (Å²) in [6.07, 6.45) is 0.277. The first-order valence-electron chi connectivity index (χ1n) is 5.89. The Morgan fingerprint density at radius 1 is 1.00 bits per heavy atom. The van der Waals surface area contributed by atoms with Gasteiger partial charge >= 0.3 is 0 Å². The number of hydrogen-bond donors (Lipinski definition) is 0. The first kappa shape index (κ1) is 14.0. The highest BCUT2D eigenvalue weighted by molar-refractivity contribution is 7.85. The lowest BCUT2D eigenvalue weighted by molar-refractivity contribution is 0.0989. The highest BCUT2D eigenvalue weighted by Gasteiger charge is 2.09. The van der Waals surface area contributed by atoms with Gasteiger partial charge in [0.05, 0.1) is 10.8 Å². The van der Waals surface area contributed by atoms with Gasteiger partial charge in [-0.2, -0.15) is 0 Å². The van der Waals surface area contributed by atoms with Gasteiger partial charge in [-0.25, -0.2) is 0 Å². The van der Waals surface area contributed by atoms with E-state index >= 15 is 0 Å². The molecule has 2 aromatic rings. The third-order valence-electron chi connectivity index (χ3n) is 2.69. The molecule has 2 aromatic carbocycles. The maximum absolute atomic E-state index is 12.0. The molecule has 0 aliphatic rings. The lowest BCUT2D eigenvalue weighted by atomic mass is 10.1. The van der Waals surface area contributed by atoms with Crippen molar-refractivity contribution in [2.75, 3.05) is 5.75 Å². The summed E-state index contributed by atoms with van der Waals surface area (Å²) in [6, 6.07) is 15.9. The van der Waals surface area contributed by atoms with E-state index in [2.05, 4.69) is 0 Å². The van der Waals surface area contributed by atoms with Gasteiger partial charge in [-0.3, -0.25) is 9.00 Å². The molecule has 0 aliphatic carbocycles. The van der Waals surface area contributed by atoms with Crippen molar-refractivity contribution in [3.63, 3.8) is 0 Å². The molecule has 2 nitrogen and oxygen atoms in total. The minimum atomic E-state index is -1.17. The molecule has 0 aromatic heterocycles. The first-order valence-corrected chi connectivity index (χ1v) is 7.59. The Hall–Kier alpha value is -1.45. The fourth-order valence-corrected chi connectivity index (χ4v) is 2.83. The summed E-state index contributed by atoms with van der Waals surface area (Å²) in [5.74, 6) is 0.345. The zero-order valence-corrected chi connectivity index (χ0v) is 11.8. The Balaban J connectivity index is 1.94. The Labute approximate surface area is 119 Å². The zero-order valence-electron chi connectivity index (χ0n) is 10.2. The number of hydrogen-bond acceptors (Lipinski definition) is 2. The van der Waals surface area contributed by atoms with Crippen LogP contribution in [0, 0.1) is 0 Å². The molecule has 0 amide bonds. The largest absolute Gasteiger partial charge is 0.294 e. The van der Waals surface area contributed by atoms with E-state index in [1.165, 1.54) is 0 Å². The summed E-state index contributed by atoms with van der Waals surface area (Å²) in [7, 11) is -1.17. The molecule has 1 atom stereocenters. The SMILES string of the molecule is O=C(CCS(=O)c1ccc(Cl)cc1)c1ccccc1. The standard InChI is InChI=1S/C15H13ClO2S/c16-13-6-8-14(9-7-13)19(18)11-10-15(17)12-4-2-1-3-5-12/h1-9H,10-11H2. The van der Waals surface area contributed by atoms with Gasteiger partial charge < -0.3 is 0 Å². The second-order valence-electron chi connectivity index (χ2n) is 4.04. The molecule has 0 saturated heterocycles. The number of ketones is 1.